The second kappa shape index (κ2) is 6.04. The average Bonchev–Trinajstić information content (AvgIpc) is 2.46. The van der Waals surface area contributed by atoms with Gasteiger partial charge in [0.15, 0.2) is 0 Å². The van der Waals surface area contributed by atoms with Gasteiger partial charge in [-0.25, -0.2) is 13.1 Å². The number of nitrogen functional groups attached to an aromatic ring is 1. The number of hydrogen-bond donors (Lipinski definition) is 3. The molecular formula is C14H16N2O3S. The summed E-state index contributed by atoms with van der Waals surface area (Å²) in [6, 6.07) is 13.4. The normalized spacial score (nSPS) is 11.4. The molecular weight excluding hydrogens is 276 g/mol. The van der Waals surface area contributed by atoms with Gasteiger partial charge < -0.3 is 10.8 Å². The highest BCUT2D eigenvalue weighted by atomic mass is 32.2. The van der Waals surface area contributed by atoms with Crippen molar-refractivity contribution in [1.82, 2.24) is 4.72 Å². The van der Waals surface area contributed by atoms with Gasteiger partial charge in [0.1, 0.15) is 4.90 Å². The van der Waals surface area contributed by atoms with E-state index in [2.05, 4.69) is 4.72 Å². The fourth-order valence-electron chi connectivity index (χ4n) is 1.82. The predicted molar refractivity (Wildman–Crippen MR) is 77.2 cm³/mol. The molecule has 0 heterocycles. The number of aliphatic hydroxyl groups excluding tert-OH is 1. The maximum atomic E-state index is 12.1. The summed E-state index contributed by atoms with van der Waals surface area (Å²) in [5.41, 5.74) is 7.39. The number of rotatable bonds is 5. The van der Waals surface area contributed by atoms with Gasteiger partial charge in [0.2, 0.25) is 10.0 Å². The molecule has 106 valence electrons. The number of para-hydroxylation sites is 1. The molecule has 6 heteroatoms. The molecule has 2 aromatic rings. The highest BCUT2D eigenvalue weighted by molar-refractivity contribution is 7.89. The number of aliphatic hydroxyl groups is 1. The maximum absolute atomic E-state index is 12.1. The SMILES string of the molecule is Nc1ccccc1S(=O)(=O)NCc1cccc(CO)c1. The molecule has 0 saturated carbocycles. The summed E-state index contributed by atoms with van der Waals surface area (Å²) in [5.74, 6) is 0. The van der Waals surface area contributed by atoms with Crippen LogP contribution in [-0.2, 0) is 23.2 Å². The maximum Gasteiger partial charge on any atom is 0.242 e. The van der Waals surface area contributed by atoms with Gasteiger partial charge in [-0.15, -0.1) is 0 Å². The summed E-state index contributed by atoms with van der Waals surface area (Å²) in [5, 5.41) is 9.05. The number of hydrogen-bond acceptors (Lipinski definition) is 4. The van der Waals surface area contributed by atoms with Gasteiger partial charge >= 0.3 is 0 Å². The average molecular weight is 292 g/mol. The molecule has 0 aromatic heterocycles. The Morgan fingerprint density at radius 2 is 1.75 bits per heavy atom. The Labute approximate surface area is 118 Å². The van der Waals surface area contributed by atoms with Crippen molar-refractivity contribution in [3.63, 3.8) is 0 Å². The second-order valence-electron chi connectivity index (χ2n) is 4.34. The molecule has 5 nitrogen and oxygen atoms in total. The largest absolute Gasteiger partial charge is 0.398 e. The van der Waals surface area contributed by atoms with Gasteiger partial charge in [-0.05, 0) is 23.3 Å². The van der Waals surface area contributed by atoms with Crippen molar-refractivity contribution in [2.45, 2.75) is 18.0 Å². The summed E-state index contributed by atoms with van der Waals surface area (Å²) >= 11 is 0. The number of sulfonamides is 1. The van der Waals surface area contributed by atoms with Crippen LogP contribution in [0.4, 0.5) is 5.69 Å². The fourth-order valence-corrected chi connectivity index (χ4v) is 2.97. The van der Waals surface area contributed by atoms with Crippen molar-refractivity contribution in [1.29, 1.82) is 0 Å². The Bertz CT molecular complexity index is 699. The van der Waals surface area contributed by atoms with Crippen LogP contribution in [0.5, 0.6) is 0 Å². The minimum absolute atomic E-state index is 0.0679. The Morgan fingerprint density at radius 1 is 1.05 bits per heavy atom. The van der Waals surface area contributed by atoms with Crippen LogP contribution < -0.4 is 10.5 Å². The first-order valence-electron chi connectivity index (χ1n) is 6.06. The van der Waals surface area contributed by atoms with Gasteiger partial charge in [0, 0.05) is 6.54 Å². The number of anilines is 1. The van der Waals surface area contributed by atoms with Crippen LogP contribution in [-0.4, -0.2) is 13.5 Å². The lowest BCUT2D eigenvalue weighted by molar-refractivity contribution is 0.281. The van der Waals surface area contributed by atoms with E-state index in [0.29, 0.717) is 0 Å². The molecule has 0 amide bonds. The molecule has 0 unspecified atom stereocenters. The fraction of sp³-hybridized carbons (Fsp3) is 0.143. The number of nitrogens with two attached hydrogens (primary N) is 1. The standard InChI is InChI=1S/C14H16N2O3S/c15-13-6-1-2-7-14(13)20(18,19)16-9-11-4-3-5-12(8-11)10-17/h1-8,16-17H,9-10,15H2. The summed E-state index contributed by atoms with van der Waals surface area (Å²) in [4.78, 5) is 0.0679. The van der Waals surface area contributed by atoms with Crippen molar-refractivity contribution < 1.29 is 13.5 Å². The first-order chi connectivity index (χ1) is 9.53. The second-order valence-corrected chi connectivity index (χ2v) is 6.08. The summed E-state index contributed by atoms with van der Waals surface area (Å²) in [6.45, 7) is 0.0662. The third-order valence-corrected chi connectivity index (χ3v) is 4.32. The van der Waals surface area contributed by atoms with Crippen molar-refractivity contribution in [2.24, 2.45) is 0 Å². The summed E-state index contributed by atoms with van der Waals surface area (Å²) in [6.07, 6.45) is 0. The molecule has 0 spiro atoms. The highest BCUT2D eigenvalue weighted by Crippen LogP contribution is 2.17. The van der Waals surface area contributed by atoms with E-state index in [9.17, 15) is 8.42 Å². The molecule has 0 atom stereocenters. The van der Waals surface area contributed by atoms with Crippen LogP contribution in [0.25, 0.3) is 0 Å². The first-order valence-corrected chi connectivity index (χ1v) is 7.54. The lowest BCUT2D eigenvalue weighted by Crippen LogP contribution is -2.24. The van der Waals surface area contributed by atoms with E-state index in [1.165, 1.54) is 6.07 Å². The molecule has 2 aromatic carbocycles. The molecule has 0 aliphatic carbocycles. The van der Waals surface area contributed by atoms with Gasteiger partial charge in [0.25, 0.3) is 0 Å². The van der Waals surface area contributed by atoms with Crippen LogP contribution in [0.3, 0.4) is 0 Å². The lowest BCUT2D eigenvalue weighted by atomic mass is 10.1. The van der Waals surface area contributed by atoms with Crippen LogP contribution in [0, 0.1) is 0 Å². The Balaban J connectivity index is 2.15. The van der Waals surface area contributed by atoms with Gasteiger partial charge in [-0.1, -0.05) is 36.4 Å². The van der Waals surface area contributed by atoms with Crippen molar-refractivity contribution in [3.8, 4) is 0 Å². The molecule has 20 heavy (non-hydrogen) atoms. The predicted octanol–water partition coefficient (Wildman–Crippen LogP) is 1.24. The zero-order valence-electron chi connectivity index (χ0n) is 10.8. The highest BCUT2D eigenvalue weighted by Gasteiger charge is 2.16. The van der Waals surface area contributed by atoms with Crippen LogP contribution in [0.2, 0.25) is 0 Å². The van der Waals surface area contributed by atoms with Crippen molar-refractivity contribution in [2.75, 3.05) is 5.73 Å². The van der Waals surface area contributed by atoms with E-state index in [1.807, 2.05) is 0 Å². The molecule has 0 saturated heterocycles. The van der Waals surface area contributed by atoms with Crippen molar-refractivity contribution >= 4 is 15.7 Å². The van der Waals surface area contributed by atoms with E-state index in [4.69, 9.17) is 10.8 Å². The van der Waals surface area contributed by atoms with E-state index in [-0.39, 0.29) is 23.7 Å². The zero-order chi connectivity index (χ0) is 14.6. The Morgan fingerprint density at radius 3 is 2.45 bits per heavy atom. The molecule has 0 bridgehead atoms. The molecule has 0 aliphatic heterocycles. The Kier molecular flexibility index (Phi) is 4.39. The quantitative estimate of drug-likeness (QED) is 0.723. The topological polar surface area (TPSA) is 92.4 Å². The minimum atomic E-state index is -3.65. The zero-order valence-corrected chi connectivity index (χ0v) is 11.6. The minimum Gasteiger partial charge on any atom is -0.398 e. The van der Waals surface area contributed by atoms with E-state index in [1.54, 1.807) is 42.5 Å². The monoisotopic (exact) mass is 292 g/mol. The third-order valence-electron chi connectivity index (χ3n) is 2.85. The molecule has 2 rings (SSSR count). The van der Waals surface area contributed by atoms with E-state index < -0.39 is 10.0 Å². The van der Waals surface area contributed by atoms with E-state index in [0.717, 1.165) is 11.1 Å². The molecule has 0 fully saturated rings. The van der Waals surface area contributed by atoms with Crippen molar-refractivity contribution in [3.05, 3.63) is 59.7 Å². The van der Waals surface area contributed by atoms with Gasteiger partial charge in [0.05, 0.1) is 12.3 Å². The molecule has 4 N–H and O–H groups in total. The van der Waals surface area contributed by atoms with Gasteiger partial charge in [-0.3, -0.25) is 0 Å². The number of benzene rings is 2. The van der Waals surface area contributed by atoms with Crippen LogP contribution in [0.15, 0.2) is 53.4 Å². The Hall–Kier alpha value is -1.89. The third kappa shape index (κ3) is 3.36. The lowest BCUT2D eigenvalue weighted by Gasteiger charge is -2.09. The number of nitrogens with one attached hydrogen (secondary N) is 1. The first kappa shape index (κ1) is 14.5. The summed E-state index contributed by atoms with van der Waals surface area (Å²) < 4.78 is 26.8. The van der Waals surface area contributed by atoms with Gasteiger partial charge in [-0.2, -0.15) is 0 Å². The summed E-state index contributed by atoms with van der Waals surface area (Å²) in [7, 11) is -3.65. The molecule has 0 aliphatic rings. The van der Waals surface area contributed by atoms with Crippen LogP contribution >= 0.6 is 0 Å². The smallest absolute Gasteiger partial charge is 0.242 e. The van der Waals surface area contributed by atoms with E-state index >= 15 is 0 Å². The van der Waals surface area contributed by atoms with Crippen LogP contribution in [0.1, 0.15) is 11.1 Å². The molecule has 0 radical (unpaired) electrons.